The van der Waals surface area contributed by atoms with E-state index in [2.05, 4.69) is 4.90 Å². The van der Waals surface area contributed by atoms with Crippen molar-refractivity contribution >= 4 is 5.69 Å². The number of benzene rings is 2. The van der Waals surface area contributed by atoms with Gasteiger partial charge in [0.05, 0.1) is 12.2 Å². The fraction of sp³-hybridized carbons (Fsp3) is 0.455. The molecule has 9 heteroatoms. The molecule has 0 radical (unpaired) electrons. The van der Waals surface area contributed by atoms with Gasteiger partial charge in [0.25, 0.3) is 0 Å². The summed E-state index contributed by atoms with van der Waals surface area (Å²) in [6.45, 7) is 0.659. The predicted molar refractivity (Wildman–Crippen MR) is 105 cm³/mol. The Morgan fingerprint density at radius 2 is 1.68 bits per heavy atom. The van der Waals surface area contributed by atoms with Crippen molar-refractivity contribution in [2.75, 3.05) is 18.1 Å². The van der Waals surface area contributed by atoms with Crippen LogP contribution >= 0.6 is 0 Å². The Hall–Kier alpha value is -2.17. The predicted octanol–water partition coefficient (Wildman–Crippen LogP) is 1.78. The lowest BCUT2D eigenvalue weighted by Gasteiger charge is -2.40. The van der Waals surface area contributed by atoms with E-state index in [4.69, 9.17) is 4.74 Å². The summed E-state index contributed by atoms with van der Waals surface area (Å²) in [4.78, 5) is 2.06. The second kappa shape index (κ2) is 8.40. The molecule has 2 aromatic rings. The Labute approximate surface area is 177 Å². The first-order valence-corrected chi connectivity index (χ1v) is 10.0. The molecule has 0 spiro atoms. The summed E-state index contributed by atoms with van der Waals surface area (Å²) >= 11 is 0. The SMILES string of the molecule is OC[C@H]1O[C@@H](c2ccc3c(c2)CCN3Cc2ccc(C(F)(F)F)cc2)[C@H](O)[C@@H](O)[C@@H]1O. The van der Waals surface area contributed by atoms with Gasteiger partial charge in [-0.05, 0) is 41.3 Å². The van der Waals surface area contributed by atoms with Gasteiger partial charge in [0.2, 0.25) is 0 Å². The third-order valence-electron chi connectivity index (χ3n) is 5.97. The molecule has 1 fully saturated rings. The summed E-state index contributed by atoms with van der Waals surface area (Å²) in [6, 6.07) is 10.6. The van der Waals surface area contributed by atoms with E-state index in [1.807, 2.05) is 12.1 Å². The van der Waals surface area contributed by atoms with Gasteiger partial charge in [0.1, 0.15) is 30.5 Å². The molecule has 2 aliphatic heterocycles. The average Bonchev–Trinajstić information content (AvgIpc) is 3.14. The van der Waals surface area contributed by atoms with Crippen LogP contribution in [0, 0.1) is 0 Å². The van der Waals surface area contributed by atoms with Crippen LogP contribution in [0.5, 0.6) is 0 Å². The molecular weight excluding hydrogens is 415 g/mol. The lowest BCUT2D eigenvalue weighted by molar-refractivity contribution is -0.231. The van der Waals surface area contributed by atoms with Crippen molar-refractivity contribution in [1.82, 2.24) is 0 Å². The van der Waals surface area contributed by atoms with E-state index in [0.29, 0.717) is 25.1 Å². The molecule has 2 aromatic carbocycles. The molecule has 31 heavy (non-hydrogen) atoms. The number of aliphatic hydroxyl groups excluding tert-OH is 4. The molecular formula is C22H24F3NO5. The summed E-state index contributed by atoms with van der Waals surface area (Å²) in [5, 5.41) is 39.7. The number of rotatable bonds is 4. The average molecular weight is 439 g/mol. The second-order valence-corrected chi connectivity index (χ2v) is 8.00. The highest BCUT2D eigenvalue weighted by Gasteiger charge is 2.44. The highest BCUT2D eigenvalue weighted by molar-refractivity contribution is 5.59. The maximum absolute atomic E-state index is 12.8. The van der Waals surface area contributed by atoms with Crippen molar-refractivity contribution in [1.29, 1.82) is 0 Å². The van der Waals surface area contributed by atoms with Crippen molar-refractivity contribution in [2.45, 2.75) is 49.7 Å². The number of ether oxygens (including phenoxy) is 1. The van der Waals surface area contributed by atoms with Crippen LogP contribution in [0.25, 0.3) is 0 Å². The van der Waals surface area contributed by atoms with E-state index >= 15 is 0 Å². The fourth-order valence-corrected chi connectivity index (χ4v) is 4.23. The van der Waals surface area contributed by atoms with Crippen LogP contribution in [0.2, 0.25) is 0 Å². The highest BCUT2D eigenvalue weighted by Crippen LogP contribution is 2.37. The van der Waals surface area contributed by atoms with Crippen molar-refractivity contribution in [2.24, 2.45) is 0 Å². The molecule has 168 valence electrons. The molecule has 6 nitrogen and oxygen atoms in total. The van der Waals surface area contributed by atoms with Crippen LogP contribution in [0.4, 0.5) is 18.9 Å². The molecule has 2 heterocycles. The van der Waals surface area contributed by atoms with Crippen LogP contribution in [-0.4, -0.2) is 58.0 Å². The number of anilines is 1. The Balaban J connectivity index is 1.50. The standard InChI is InChI=1S/C22H24F3NO5/c23-22(24,25)15-4-1-12(2-5-15)10-26-8-7-13-9-14(3-6-16(13)26)21-20(30)19(29)18(28)17(11-27)31-21/h1-6,9,17-21,27-30H,7-8,10-11H2/t17-,18-,19+,20-,21+/m1/s1. The van der Waals surface area contributed by atoms with Gasteiger partial charge in [-0.25, -0.2) is 0 Å². The summed E-state index contributed by atoms with van der Waals surface area (Å²) < 4.78 is 43.9. The highest BCUT2D eigenvalue weighted by atomic mass is 19.4. The van der Waals surface area contributed by atoms with Gasteiger partial charge in [-0.15, -0.1) is 0 Å². The van der Waals surface area contributed by atoms with Gasteiger partial charge in [0, 0.05) is 18.8 Å². The number of hydrogen-bond donors (Lipinski definition) is 4. The van der Waals surface area contributed by atoms with Crippen LogP contribution in [0.15, 0.2) is 42.5 Å². The Morgan fingerprint density at radius 1 is 0.968 bits per heavy atom. The topological polar surface area (TPSA) is 93.4 Å². The molecule has 4 N–H and O–H groups in total. The third-order valence-corrected chi connectivity index (χ3v) is 5.97. The summed E-state index contributed by atoms with van der Waals surface area (Å²) in [6.07, 6.45) is -9.73. The maximum atomic E-state index is 12.8. The van der Waals surface area contributed by atoms with Gasteiger partial charge in [0.15, 0.2) is 0 Å². The Kier molecular flexibility index (Phi) is 5.97. The first-order chi connectivity index (χ1) is 14.7. The molecule has 5 atom stereocenters. The lowest BCUT2D eigenvalue weighted by atomic mass is 9.90. The number of aliphatic hydroxyl groups is 4. The molecule has 0 unspecified atom stereocenters. The Morgan fingerprint density at radius 3 is 2.32 bits per heavy atom. The number of alkyl halides is 3. The minimum atomic E-state index is -4.36. The third kappa shape index (κ3) is 4.28. The number of fused-ring (bicyclic) bond motifs is 1. The molecule has 0 aromatic heterocycles. The maximum Gasteiger partial charge on any atom is 0.416 e. The first-order valence-electron chi connectivity index (χ1n) is 10.0. The fourth-order valence-electron chi connectivity index (χ4n) is 4.23. The molecule has 0 aliphatic carbocycles. The zero-order chi connectivity index (χ0) is 22.3. The van der Waals surface area contributed by atoms with Gasteiger partial charge in [-0.3, -0.25) is 0 Å². The summed E-state index contributed by atoms with van der Waals surface area (Å²) in [5.41, 5.74) is 2.63. The minimum absolute atomic E-state index is 0.463. The van der Waals surface area contributed by atoms with E-state index in [-0.39, 0.29) is 0 Å². The minimum Gasteiger partial charge on any atom is -0.394 e. The van der Waals surface area contributed by atoms with Crippen molar-refractivity contribution in [3.63, 3.8) is 0 Å². The lowest BCUT2D eigenvalue weighted by Crippen LogP contribution is -2.55. The number of hydrogen-bond acceptors (Lipinski definition) is 6. The number of halogens is 3. The van der Waals surface area contributed by atoms with Crippen LogP contribution in [0.3, 0.4) is 0 Å². The van der Waals surface area contributed by atoms with Gasteiger partial charge < -0.3 is 30.1 Å². The smallest absolute Gasteiger partial charge is 0.394 e. The monoisotopic (exact) mass is 439 g/mol. The summed E-state index contributed by atoms with van der Waals surface area (Å²) in [7, 11) is 0. The quantitative estimate of drug-likeness (QED) is 0.581. The molecule has 0 saturated carbocycles. The van der Waals surface area contributed by atoms with Gasteiger partial charge in [-0.2, -0.15) is 13.2 Å². The van der Waals surface area contributed by atoms with Crippen LogP contribution < -0.4 is 4.90 Å². The van der Waals surface area contributed by atoms with E-state index in [9.17, 15) is 33.6 Å². The largest absolute Gasteiger partial charge is 0.416 e. The van der Waals surface area contributed by atoms with E-state index in [1.54, 1.807) is 6.07 Å². The van der Waals surface area contributed by atoms with Gasteiger partial charge >= 0.3 is 6.18 Å². The zero-order valence-electron chi connectivity index (χ0n) is 16.5. The van der Waals surface area contributed by atoms with E-state index < -0.39 is 48.9 Å². The Bertz CT molecular complexity index is 918. The molecule has 2 aliphatic rings. The van der Waals surface area contributed by atoms with E-state index in [0.717, 1.165) is 28.9 Å². The van der Waals surface area contributed by atoms with Crippen molar-refractivity contribution < 1.29 is 38.3 Å². The molecule has 4 rings (SSSR count). The normalized spacial score (nSPS) is 28.6. The number of nitrogens with zero attached hydrogens (tertiary/aromatic N) is 1. The van der Waals surface area contributed by atoms with Crippen LogP contribution in [0.1, 0.15) is 28.4 Å². The van der Waals surface area contributed by atoms with Crippen molar-refractivity contribution in [3.05, 3.63) is 64.7 Å². The van der Waals surface area contributed by atoms with Crippen molar-refractivity contribution in [3.8, 4) is 0 Å². The summed E-state index contributed by atoms with van der Waals surface area (Å²) in [5.74, 6) is 0. The zero-order valence-corrected chi connectivity index (χ0v) is 16.5. The second-order valence-electron chi connectivity index (χ2n) is 8.00. The van der Waals surface area contributed by atoms with Gasteiger partial charge in [-0.1, -0.05) is 24.3 Å². The molecule has 0 bridgehead atoms. The molecule has 1 saturated heterocycles. The van der Waals surface area contributed by atoms with Crippen LogP contribution in [-0.2, 0) is 23.9 Å². The first kappa shape index (κ1) is 22.0. The molecule has 0 amide bonds. The van der Waals surface area contributed by atoms with E-state index in [1.165, 1.54) is 12.1 Å².